The van der Waals surface area contributed by atoms with Crippen molar-refractivity contribution in [1.82, 2.24) is 19.9 Å². The lowest BCUT2D eigenvalue weighted by atomic mass is 9.82. The van der Waals surface area contributed by atoms with Crippen LogP contribution in [0.3, 0.4) is 0 Å². The Kier molecular flexibility index (Phi) is 6.21. The van der Waals surface area contributed by atoms with Gasteiger partial charge in [-0.2, -0.15) is 4.98 Å². The lowest BCUT2D eigenvalue weighted by Gasteiger charge is -2.51. The van der Waals surface area contributed by atoms with Crippen LogP contribution in [-0.2, 0) is 0 Å². The van der Waals surface area contributed by atoms with Crippen molar-refractivity contribution in [3.8, 4) is 5.75 Å². The first-order chi connectivity index (χ1) is 14.1. The first-order valence-electron chi connectivity index (χ1n) is 9.66. The van der Waals surface area contributed by atoms with Gasteiger partial charge in [0, 0.05) is 30.9 Å². The predicted octanol–water partition coefficient (Wildman–Crippen LogP) is 3.88. The molecule has 1 aromatic heterocycles. The van der Waals surface area contributed by atoms with Crippen molar-refractivity contribution in [3.05, 3.63) is 29.8 Å². The number of benzene rings is 1. The summed E-state index contributed by atoms with van der Waals surface area (Å²) in [7, 11) is 1.62. The summed E-state index contributed by atoms with van der Waals surface area (Å²) in [4.78, 5) is 27.3. The third-order valence-electron chi connectivity index (χ3n) is 5.22. The van der Waals surface area contributed by atoms with Crippen molar-refractivity contribution in [2.45, 2.75) is 39.8 Å². The van der Waals surface area contributed by atoms with Crippen molar-refractivity contribution >= 4 is 35.0 Å². The number of ether oxygens (including phenoxy) is 1. The number of hydrogen-bond donors (Lipinski definition) is 2. The molecule has 2 unspecified atom stereocenters. The van der Waals surface area contributed by atoms with Crippen LogP contribution in [0.1, 0.15) is 27.7 Å². The number of anilines is 3. The van der Waals surface area contributed by atoms with E-state index >= 15 is 0 Å². The van der Waals surface area contributed by atoms with Gasteiger partial charge in [0.05, 0.1) is 18.8 Å². The SMILES string of the molecule is COc1cc(Nc2ncnc(Cl)n2)ccc1N1C(C)CN(C(=O)O)CC1C(C)(C)C. The summed E-state index contributed by atoms with van der Waals surface area (Å²) in [5, 5.41) is 12.7. The number of carboxylic acid groups (broad SMARTS) is 1. The topological polar surface area (TPSA) is 104 Å². The molecule has 162 valence electrons. The zero-order valence-electron chi connectivity index (χ0n) is 17.8. The molecule has 30 heavy (non-hydrogen) atoms. The van der Waals surface area contributed by atoms with Crippen molar-refractivity contribution in [2.24, 2.45) is 5.41 Å². The maximum atomic E-state index is 11.6. The molecule has 2 aromatic rings. The lowest BCUT2D eigenvalue weighted by molar-refractivity contribution is 0.107. The van der Waals surface area contributed by atoms with Gasteiger partial charge in [-0.1, -0.05) is 20.8 Å². The molecular formula is C20H27ClN6O3. The number of carbonyl (C=O) groups is 1. The van der Waals surface area contributed by atoms with E-state index in [-0.39, 0.29) is 22.8 Å². The highest BCUT2D eigenvalue weighted by atomic mass is 35.5. The summed E-state index contributed by atoms with van der Waals surface area (Å²) < 4.78 is 5.69. The minimum atomic E-state index is -0.890. The Balaban J connectivity index is 1.95. The minimum absolute atomic E-state index is 0.0193. The van der Waals surface area contributed by atoms with Crippen LogP contribution in [0.4, 0.5) is 22.1 Å². The molecule has 9 nitrogen and oxygen atoms in total. The quantitative estimate of drug-likeness (QED) is 0.747. The van der Waals surface area contributed by atoms with Gasteiger partial charge in [-0.05, 0) is 36.1 Å². The average molecular weight is 435 g/mol. The number of piperazine rings is 1. The number of nitrogens with zero attached hydrogens (tertiary/aromatic N) is 5. The summed E-state index contributed by atoms with van der Waals surface area (Å²) in [6.07, 6.45) is 0.444. The van der Waals surface area contributed by atoms with Crippen molar-refractivity contribution in [3.63, 3.8) is 0 Å². The molecule has 1 amide bonds. The van der Waals surface area contributed by atoms with E-state index in [0.29, 0.717) is 24.8 Å². The van der Waals surface area contributed by atoms with E-state index in [1.807, 2.05) is 25.1 Å². The van der Waals surface area contributed by atoms with E-state index < -0.39 is 6.09 Å². The molecule has 1 aromatic carbocycles. The van der Waals surface area contributed by atoms with E-state index in [0.717, 1.165) is 11.4 Å². The second kappa shape index (κ2) is 8.51. The number of amides is 1. The highest BCUT2D eigenvalue weighted by Crippen LogP contribution is 2.40. The monoisotopic (exact) mass is 434 g/mol. The van der Waals surface area contributed by atoms with Crippen molar-refractivity contribution < 1.29 is 14.6 Å². The summed E-state index contributed by atoms with van der Waals surface area (Å²) in [6.45, 7) is 9.25. The largest absolute Gasteiger partial charge is 0.495 e. The van der Waals surface area contributed by atoms with Gasteiger partial charge in [-0.3, -0.25) is 0 Å². The molecule has 0 saturated carbocycles. The number of rotatable bonds is 4. The summed E-state index contributed by atoms with van der Waals surface area (Å²) >= 11 is 5.83. The molecule has 0 radical (unpaired) electrons. The number of aromatic nitrogens is 3. The van der Waals surface area contributed by atoms with Crippen LogP contribution < -0.4 is 15.0 Å². The summed E-state index contributed by atoms with van der Waals surface area (Å²) in [5.74, 6) is 1.01. The summed E-state index contributed by atoms with van der Waals surface area (Å²) in [5.41, 5.74) is 1.50. The van der Waals surface area contributed by atoms with Gasteiger partial charge < -0.3 is 25.0 Å². The van der Waals surface area contributed by atoms with Crippen LogP contribution >= 0.6 is 11.6 Å². The first-order valence-corrected chi connectivity index (χ1v) is 10.0. The number of nitrogens with one attached hydrogen (secondary N) is 1. The fraction of sp³-hybridized carbons (Fsp3) is 0.500. The maximum absolute atomic E-state index is 11.6. The molecule has 10 heteroatoms. The Morgan fingerprint density at radius 2 is 2.03 bits per heavy atom. The van der Waals surface area contributed by atoms with Crippen LogP contribution in [0.25, 0.3) is 0 Å². The third-order valence-corrected chi connectivity index (χ3v) is 5.40. The van der Waals surface area contributed by atoms with Gasteiger partial charge in [-0.25, -0.2) is 14.8 Å². The third kappa shape index (κ3) is 4.67. The molecule has 0 aliphatic carbocycles. The van der Waals surface area contributed by atoms with E-state index in [4.69, 9.17) is 16.3 Å². The molecule has 2 N–H and O–H groups in total. The molecule has 1 fully saturated rings. The molecule has 1 saturated heterocycles. The molecule has 0 bridgehead atoms. The second-order valence-corrected chi connectivity index (χ2v) is 8.75. The van der Waals surface area contributed by atoms with Crippen LogP contribution in [-0.4, -0.2) is 63.3 Å². The van der Waals surface area contributed by atoms with Crippen LogP contribution in [0.15, 0.2) is 24.5 Å². The molecule has 1 aliphatic rings. The Hall–Kier alpha value is -2.81. The van der Waals surface area contributed by atoms with Gasteiger partial charge in [-0.15, -0.1) is 0 Å². The summed E-state index contributed by atoms with van der Waals surface area (Å²) in [6, 6.07) is 5.70. The zero-order chi connectivity index (χ0) is 22.1. The minimum Gasteiger partial charge on any atom is -0.495 e. The van der Waals surface area contributed by atoms with Crippen LogP contribution in [0.2, 0.25) is 5.28 Å². The van der Waals surface area contributed by atoms with Crippen LogP contribution in [0.5, 0.6) is 5.75 Å². The molecule has 2 atom stereocenters. The molecule has 1 aliphatic heterocycles. The molecule has 0 spiro atoms. The van der Waals surface area contributed by atoms with Gasteiger partial charge in [0.25, 0.3) is 0 Å². The molecule has 3 rings (SSSR count). The Labute approximate surface area is 181 Å². The van der Waals surface area contributed by atoms with Crippen molar-refractivity contribution in [2.75, 3.05) is 30.4 Å². The number of hydrogen-bond acceptors (Lipinski definition) is 7. The highest BCUT2D eigenvalue weighted by Gasteiger charge is 2.41. The standard InChI is InChI=1S/C20H27ClN6O3/c1-12-9-26(19(28)29)10-16(20(2,3)4)27(12)14-7-6-13(8-15(14)30-5)24-18-23-11-22-17(21)25-18/h6-8,11-12,16H,9-10H2,1-5H3,(H,28,29)(H,22,23,24,25). The lowest BCUT2D eigenvalue weighted by Crippen LogP contribution is -2.63. The second-order valence-electron chi connectivity index (χ2n) is 8.42. The Morgan fingerprint density at radius 1 is 1.30 bits per heavy atom. The zero-order valence-corrected chi connectivity index (χ0v) is 18.5. The fourth-order valence-corrected chi connectivity index (χ4v) is 3.90. The Morgan fingerprint density at radius 3 is 2.63 bits per heavy atom. The fourth-order valence-electron chi connectivity index (χ4n) is 3.77. The average Bonchev–Trinajstić information content (AvgIpc) is 2.66. The Bertz CT molecular complexity index is 920. The maximum Gasteiger partial charge on any atom is 0.407 e. The highest BCUT2D eigenvalue weighted by molar-refractivity contribution is 6.28. The number of halogens is 1. The first kappa shape index (κ1) is 21.9. The number of methoxy groups -OCH3 is 1. The van der Waals surface area contributed by atoms with E-state index in [9.17, 15) is 9.90 Å². The van der Waals surface area contributed by atoms with Gasteiger partial charge in [0.1, 0.15) is 12.1 Å². The molecule has 2 heterocycles. The predicted molar refractivity (Wildman–Crippen MR) is 116 cm³/mol. The van der Waals surface area contributed by atoms with Gasteiger partial charge >= 0.3 is 6.09 Å². The molecular weight excluding hydrogens is 408 g/mol. The van der Waals surface area contributed by atoms with E-state index in [1.54, 1.807) is 7.11 Å². The van der Waals surface area contributed by atoms with Crippen molar-refractivity contribution in [1.29, 1.82) is 0 Å². The van der Waals surface area contributed by atoms with E-state index in [2.05, 4.69) is 45.9 Å². The van der Waals surface area contributed by atoms with E-state index in [1.165, 1.54) is 11.2 Å². The van der Waals surface area contributed by atoms with Gasteiger partial charge in [0.15, 0.2) is 0 Å². The van der Waals surface area contributed by atoms with Crippen LogP contribution in [0, 0.1) is 5.41 Å². The van der Waals surface area contributed by atoms with Gasteiger partial charge in [0.2, 0.25) is 11.2 Å². The normalized spacial score (nSPS) is 19.5. The smallest absolute Gasteiger partial charge is 0.407 e.